The van der Waals surface area contributed by atoms with Gasteiger partial charge in [0.05, 0.1) is 5.69 Å². The molecule has 4 N–H and O–H groups in total. The maximum Gasteiger partial charge on any atom is 0.315 e. The molecule has 2 aromatic rings. The summed E-state index contributed by atoms with van der Waals surface area (Å²) in [7, 11) is 0. The number of hydrogen-bond donors (Lipinski definition) is 4. The molecule has 1 aromatic heterocycles. The molecular formula is C13H13N3O4. The van der Waals surface area contributed by atoms with Gasteiger partial charge < -0.3 is 10.4 Å². The van der Waals surface area contributed by atoms with Gasteiger partial charge in [-0.2, -0.15) is 0 Å². The van der Waals surface area contributed by atoms with Crippen LogP contribution >= 0.6 is 0 Å². The highest BCUT2D eigenvalue weighted by Crippen LogP contribution is 2.18. The van der Waals surface area contributed by atoms with Crippen molar-refractivity contribution in [2.75, 3.05) is 5.32 Å². The van der Waals surface area contributed by atoms with Crippen LogP contribution in [0.1, 0.15) is 6.92 Å². The molecule has 0 aliphatic rings. The van der Waals surface area contributed by atoms with Crippen LogP contribution in [-0.2, 0) is 9.59 Å². The van der Waals surface area contributed by atoms with Gasteiger partial charge in [-0.05, 0) is 24.6 Å². The Bertz CT molecular complexity index is 684. The van der Waals surface area contributed by atoms with Crippen LogP contribution < -0.4 is 10.9 Å². The van der Waals surface area contributed by atoms with Crippen LogP contribution in [0.5, 0.6) is 0 Å². The van der Waals surface area contributed by atoms with Crippen molar-refractivity contribution >= 4 is 17.6 Å². The maximum atomic E-state index is 11.6. The fourth-order valence-electron chi connectivity index (χ4n) is 1.58. The van der Waals surface area contributed by atoms with E-state index in [1.807, 2.05) is 0 Å². The number of carboxylic acids is 1. The van der Waals surface area contributed by atoms with Crippen molar-refractivity contribution in [3.05, 3.63) is 40.7 Å². The van der Waals surface area contributed by atoms with Crippen molar-refractivity contribution < 1.29 is 14.7 Å². The molecule has 7 nitrogen and oxygen atoms in total. The number of carbonyl (C=O) groups is 2. The van der Waals surface area contributed by atoms with Crippen LogP contribution in [0.3, 0.4) is 0 Å². The first-order valence-electron chi connectivity index (χ1n) is 5.89. The van der Waals surface area contributed by atoms with E-state index in [1.54, 1.807) is 24.3 Å². The third kappa shape index (κ3) is 2.94. The first-order valence-corrected chi connectivity index (χ1v) is 5.89. The van der Waals surface area contributed by atoms with Gasteiger partial charge in [0.15, 0.2) is 0 Å². The number of amides is 1. The number of carboxylic acid groups (broad SMARTS) is 1. The number of anilines is 1. The number of hydrogen-bond acceptors (Lipinski definition) is 3. The molecular weight excluding hydrogens is 262 g/mol. The lowest BCUT2D eigenvalue weighted by Crippen LogP contribution is -2.26. The zero-order valence-corrected chi connectivity index (χ0v) is 10.6. The standard InChI is InChI=1S/C13H13N3O4/c1-7(13(19)20)12(18)14-9-4-2-8(3-5-9)10-6-11(17)16-15-10/h2-7H,1H3,(H,14,18)(H,19,20)(H2,15,16,17). The van der Waals surface area contributed by atoms with E-state index in [-0.39, 0.29) is 5.56 Å². The highest BCUT2D eigenvalue weighted by atomic mass is 16.4. The van der Waals surface area contributed by atoms with Crippen LogP contribution in [-0.4, -0.2) is 27.2 Å². The zero-order valence-electron chi connectivity index (χ0n) is 10.6. The second kappa shape index (κ2) is 5.43. The summed E-state index contributed by atoms with van der Waals surface area (Å²) in [5.74, 6) is -2.87. The van der Waals surface area contributed by atoms with Crippen LogP contribution in [0.15, 0.2) is 35.1 Å². The van der Waals surface area contributed by atoms with Gasteiger partial charge in [0, 0.05) is 11.8 Å². The topological polar surface area (TPSA) is 115 Å². The molecule has 1 heterocycles. The summed E-state index contributed by atoms with van der Waals surface area (Å²) in [6.45, 7) is 1.32. The quantitative estimate of drug-likeness (QED) is 0.624. The number of H-pyrrole nitrogens is 2. The van der Waals surface area contributed by atoms with Crippen molar-refractivity contribution in [3.63, 3.8) is 0 Å². The van der Waals surface area contributed by atoms with Crippen molar-refractivity contribution in [1.29, 1.82) is 0 Å². The molecule has 0 saturated heterocycles. The number of carbonyl (C=O) groups excluding carboxylic acids is 1. The molecule has 0 spiro atoms. The van der Waals surface area contributed by atoms with Gasteiger partial charge in [-0.15, -0.1) is 0 Å². The molecule has 1 aromatic carbocycles. The van der Waals surface area contributed by atoms with Gasteiger partial charge in [-0.25, -0.2) is 0 Å². The molecule has 1 unspecified atom stereocenters. The highest BCUT2D eigenvalue weighted by molar-refractivity contribution is 6.03. The largest absolute Gasteiger partial charge is 0.481 e. The average molecular weight is 275 g/mol. The van der Waals surface area contributed by atoms with Gasteiger partial charge in [-0.1, -0.05) is 12.1 Å². The molecule has 0 bridgehead atoms. The molecule has 20 heavy (non-hydrogen) atoms. The minimum absolute atomic E-state index is 0.229. The normalized spacial score (nSPS) is 11.8. The van der Waals surface area contributed by atoms with Crippen molar-refractivity contribution in [3.8, 4) is 11.3 Å². The van der Waals surface area contributed by atoms with E-state index in [2.05, 4.69) is 15.5 Å². The van der Waals surface area contributed by atoms with Crippen molar-refractivity contribution in [2.24, 2.45) is 5.92 Å². The average Bonchev–Trinajstić information content (AvgIpc) is 2.85. The van der Waals surface area contributed by atoms with E-state index < -0.39 is 17.8 Å². The summed E-state index contributed by atoms with van der Waals surface area (Å²) in [6, 6.07) is 8.10. The first kappa shape index (κ1) is 13.6. The Balaban J connectivity index is 2.11. The smallest absolute Gasteiger partial charge is 0.315 e. The summed E-state index contributed by atoms with van der Waals surface area (Å²) in [6.07, 6.45) is 0. The predicted octanol–water partition coefficient (Wildman–Crippen LogP) is 1.03. The lowest BCUT2D eigenvalue weighted by molar-refractivity contribution is -0.144. The molecule has 0 aliphatic carbocycles. The number of nitrogens with one attached hydrogen (secondary N) is 3. The molecule has 7 heteroatoms. The minimum atomic E-state index is -1.18. The Morgan fingerprint density at radius 1 is 1.20 bits per heavy atom. The Morgan fingerprint density at radius 3 is 2.35 bits per heavy atom. The lowest BCUT2D eigenvalue weighted by atomic mass is 10.1. The lowest BCUT2D eigenvalue weighted by Gasteiger charge is -2.08. The fourth-order valence-corrected chi connectivity index (χ4v) is 1.58. The van der Waals surface area contributed by atoms with E-state index in [9.17, 15) is 14.4 Å². The van der Waals surface area contributed by atoms with E-state index in [1.165, 1.54) is 13.0 Å². The van der Waals surface area contributed by atoms with Crippen molar-refractivity contribution in [2.45, 2.75) is 6.92 Å². The molecule has 1 atom stereocenters. The van der Waals surface area contributed by atoms with E-state index in [0.29, 0.717) is 11.4 Å². The second-order valence-electron chi connectivity index (χ2n) is 4.30. The maximum absolute atomic E-state index is 11.6. The SMILES string of the molecule is CC(C(=O)O)C(=O)Nc1ccc(-c2cc(=O)[nH][nH]2)cc1. The molecule has 0 radical (unpaired) electrons. The Labute approximate surface area is 113 Å². The van der Waals surface area contributed by atoms with E-state index >= 15 is 0 Å². The zero-order chi connectivity index (χ0) is 14.7. The van der Waals surface area contributed by atoms with Crippen LogP contribution in [0.4, 0.5) is 5.69 Å². The van der Waals surface area contributed by atoms with Gasteiger partial charge >= 0.3 is 5.97 Å². The third-order valence-electron chi connectivity index (χ3n) is 2.82. The Hall–Kier alpha value is -2.83. The monoisotopic (exact) mass is 275 g/mol. The molecule has 0 saturated carbocycles. The highest BCUT2D eigenvalue weighted by Gasteiger charge is 2.20. The van der Waals surface area contributed by atoms with E-state index in [4.69, 9.17) is 5.11 Å². The predicted molar refractivity (Wildman–Crippen MR) is 72.3 cm³/mol. The Kier molecular flexibility index (Phi) is 3.69. The number of rotatable bonds is 4. The second-order valence-corrected chi connectivity index (χ2v) is 4.30. The van der Waals surface area contributed by atoms with Crippen LogP contribution in [0, 0.1) is 5.92 Å². The molecule has 0 fully saturated rings. The summed E-state index contributed by atoms with van der Waals surface area (Å²) in [5, 5.41) is 16.4. The molecule has 2 rings (SSSR count). The van der Waals surface area contributed by atoms with Crippen LogP contribution in [0.25, 0.3) is 11.3 Å². The summed E-state index contributed by atoms with van der Waals surface area (Å²) < 4.78 is 0. The number of aliphatic carboxylic acids is 1. The van der Waals surface area contributed by atoms with Crippen LogP contribution in [0.2, 0.25) is 0 Å². The minimum Gasteiger partial charge on any atom is -0.481 e. The van der Waals surface area contributed by atoms with Gasteiger partial charge in [0.2, 0.25) is 5.91 Å². The van der Waals surface area contributed by atoms with Gasteiger partial charge in [0.1, 0.15) is 5.92 Å². The summed E-state index contributed by atoms with van der Waals surface area (Å²) >= 11 is 0. The van der Waals surface area contributed by atoms with E-state index in [0.717, 1.165) is 5.56 Å². The summed E-state index contributed by atoms with van der Waals surface area (Å²) in [4.78, 5) is 33.3. The molecule has 0 aliphatic heterocycles. The number of benzene rings is 1. The molecule has 1 amide bonds. The number of aromatic nitrogens is 2. The van der Waals surface area contributed by atoms with Gasteiger partial charge in [0.25, 0.3) is 5.56 Å². The van der Waals surface area contributed by atoms with Gasteiger partial charge in [-0.3, -0.25) is 24.6 Å². The Morgan fingerprint density at radius 2 is 1.85 bits per heavy atom. The fraction of sp³-hybridized carbons (Fsp3) is 0.154. The number of aromatic amines is 2. The molecule has 104 valence electrons. The third-order valence-corrected chi connectivity index (χ3v) is 2.82. The van der Waals surface area contributed by atoms with Crippen molar-refractivity contribution in [1.82, 2.24) is 10.2 Å². The first-order chi connectivity index (χ1) is 9.47. The summed E-state index contributed by atoms with van der Waals surface area (Å²) in [5.41, 5.74) is 1.66.